The molecule has 0 spiro atoms. The standard InChI is InChI=1S/C16H30N2O3Si/c1-8-20-15(19)13-12(4)14(17-18(13)11(2)3)21-10-9-16(5,6)22-7/h11H,8-10,22H2,1-7H3. The van der Waals surface area contributed by atoms with E-state index in [0.29, 0.717) is 29.8 Å². The third-order valence-corrected chi connectivity index (χ3v) is 6.30. The summed E-state index contributed by atoms with van der Waals surface area (Å²) >= 11 is 0. The van der Waals surface area contributed by atoms with Gasteiger partial charge in [0.1, 0.15) is 0 Å². The summed E-state index contributed by atoms with van der Waals surface area (Å²) in [7, 11) is -0.0830. The zero-order valence-corrected chi connectivity index (χ0v) is 16.4. The minimum Gasteiger partial charge on any atom is -0.476 e. The fourth-order valence-electron chi connectivity index (χ4n) is 2.05. The van der Waals surface area contributed by atoms with Gasteiger partial charge in [-0.25, -0.2) is 4.79 Å². The Kier molecular flexibility index (Phi) is 6.65. The molecule has 126 valence electrons. The van der Waals surface area contributed by atoms with Gasteiger partial charge in [0, 0.05) is 21.1 Å². The van der Waals surface area contributed by atoms with Gasteiger partial charge < -0.3 is 9.47 Å². The van der Waals surface area contributed by atoms with Crippen LogP contribution in [0.25, 0.3) is 0 Å². The lowest BCUT2D eigenvalue weighted by atomic mass is 10.1. The lowest BCUT2D eigenvalue weighted by Crippen LogP contribution is -2.15. The second-order valence-electron chi connectivity index (χ2n) is 6.65. The first-order chi connectivity index (χ1) is 10.2. The van der Waals surface area contributed by atoms with Crippen LogP contribution in [-0.4, -0.2) is 38.5 Å². The summed E-state index contributed by atoms with van der Waals surface area (Å²) in [5, 5.41) is 4.85. The van der Waals surface area contributed by atoms with Crippen molar-refractivity contribution in [3.05, 3.63) is 11.3 Å². The molecule has 0 N–H and O–H groups in total. The lowest BCUT2D eigenvalue weighted by molar-refractivity contribution is 0.0509. The van der Waals surface area contributed by atoms with Gasteiger partial charge in [-0.2, -0.15) is 0 Å². The Morgan fingerprint density at radius 3 is 2.55 bits per heavy atom. The molecule has 0 atom stereocenters. The van der Waals surface area contributed by atoms with Crippen molar-refractivity contribution in [1.29, 1.82) is 0 Å². The molecule has 0 amide bonds. The topological polar surface area (TPSA) is 53.4 Å². The van der Waals surface area contributed by atoms with E-state index >= 15 is 0 Å². The molecular formula is C16H30N2O3Si. The average molecular weight is 327 g/mol. The van der Waals surface area contributed by atoms with E-state index < -0.39 is 0 Å². The van der Waals surface area contributed by atoms with E-state index in [2.05, 4.69) is 25.5 Å². The third kappa shape index (κ3) is 4.60. The monoisotopic (exact) mass is 326 g/mol. The quantitative estimate of drug-likeness (QED) is 0.544. The molecule has 1 heterocycles. The molecule has 1 aromatic heterocycles. The molecule has 1 aromatic rings. The van der Waals surface area contributed by atoms with Crippen LogP contribution in [0.5, 0.6) is 5.88 Å². The van der Waals surface area contributed by atoms with Crippen molar-refractivity contribution < 1.29 is 14.3 Å². The smallest absolute Gasteiger partial charge is 0.357 e. The maximum absolute atomic E-state index is 12.2. The molecule has 6 heteroatoms. The van der Waals surface area contributed by atoms with Gasteiger partial charge in [-0.05, 0) is 39.2 Å². The zero-order valence-electron chi connectivity index (χ0n) is 15.0. The highest BCUT2D eigenvalue weighted by molar-refractivity contribution is 6.37. The lowest BCUT2D eigenvalue weighted by Gasteiger charge is -2.21. The number of carbonyl (C=O) groups excluding carboxylic acids is 1. The van der Waals surface area contributed by atoms with Gasteiger partial charge in [-0.1, -0.05) is 20.4 Å². The van der Waals surface area contributed by atoms with Crippen LogP contribution >= 0.6 is 0 Å². The Morgan fingerprint density at radius 1 is 1.41 bits per heavy atom. The Bertz CT molecular complexity index is 510. The molecule has 5 nitrogen and oxygen atoms in total. The molecule has 0 fully saturated rings. The number of hydrogen-bond acceptors (Lipinski definition) is 4. The summed E-state index contributed by atoms with van der Waals surface area (Å²) in [6, 6.07) is 0.0787. The van der Waals surface area contributed by atoms with Crippen LogP contribution < -0.4 is 4.74 Å². The van der Waals surface area contributed by atoms with Gasteiger partial charge in [0.15, 0.2) is 5.69 Å². The molecule has 0 saturated heterocycles. The van der Waals surface area contributed by atoms with Crippen LogP contribution in [0.4, 0.5) is 0 Å². The van der Waals surface area contributed by atoms with Gasteiger partial charge >= 0.3 is 5.97 Å². The van der Waals surface area contributed by atoms with E-state index in [9.17, 15) is 4.79 Å². The van der Waals surface area contributed by atoms with Crippen LogP contribution in [0.1, 0.15) is 63.1 Å². The fourth-order valence-corrected chi connectivity index (χ4v) is 2.55. The van der Waals surface area contributed by atoms with Crippen LogP contribution in [0.2, 0.25) is 11.6 Å². The van der Waals surface area contributed by atoms with Gasteiger partial charge in [0.2, 0.25) is 5.88 Å². The van der Waals surface area contributed by atoms with Crippen molar-refractivity contribution in [2.24, 2.45) is 0 Å². The highest BCUT2D eigenvalue weighted by Crippen LogP contribution is 2.29. The number of rotatable bonds is 8. The van der Waals surface area contributed by atoms with E-state index in [0.717, 1.165) is 12.0 Å². The SMILES string of the molecule is CCOC(=O)c1c(C)c(OCCC(C)(C)[SiH2]C)nn1C(C)C. The Hall–Kier alpha value is -1.30. The van der Waals surface area contributed by atoms with Crippen molar-refractivity contribution in [2.45, 2.75) is 65.6 Å². The maximum atomic E-state index is 12.2. The van der Waals surface area contributed by atoms with Crippen molar-refractivity contribution in [3.8, 4) is 5.88 Å². The zero-order chi connectivity index (χ0) is 16.9. The van der Waals surface area contributed by atoms with E-state index in [-0.39, 0.29) is 21.5 Å². The number of ether oxygens (including phenoxy) is 2. The normalized spacial score (nSPS) is 12.4. The average Bonchev–Trinajstić information content (AvgIpc) is 2.76. The molecular weight excluding hydrogens is 296 g/mol. The van der Waals surface area contributed by atoms with Gasteiger partial charge in [-0.15, -0.1) is 5.10 Å². The van der Waals surface area contributed by atoms with E-state index in [1.165, 1.54) is 0 Å². The Morgan fingerprint density at radius 2 is 2.05 bits per heavy atom. The van der Waals surface area contributed by atoms with E-state index in [4.69, 9.17) is 9.47 Å². The van der Waals surface area contributed by atoms with E-state index in [1.807, 2.05) is 20.8 Å². The summed E-state index contributed by atoms with van der Waals surface area (Å²) in [6.07, 6.45) is 1.01. The summed E-state index contributed by atoms with van der Waals surface area (Å²) < 4.78 is 12.7. The number of esters is 1. The van der Waals surface area contributed by atoms with Gasteiger partial charge in [-0.3, -0.25) is 4.68 Å². The highest BCUT2D eigenvalue weighted by Gasteiger charge is 2.24. The van der Waals surface area contributed by atoms with Gasteiger partial charge in [0.25, 0.3) is 0 Å². The van der Waals surface area contributed by atoms with Gasteiger partial charge in [0.05, 0.1) is 13.2 Å². The molecule has 0 saturated carbocycles. The first kappa shape index (κ1) is 18.7. The van der Waals surface area contributed by atoms with E-state index in [1.54, 1.807) is 11.6 Å². The number of carbonyl (C=O) groups is 1. The van der Waals surface area contributed by atoms with Crippen molar-refractivity contribution in [1.82, 2.24) is 9.78 Å². The Balaban J connectivity index is 2.93. The molecule has 0 bridgehead atoms. The number of nitrogens with zero attached hydrogens (tertiary/aromatic N) is 2. The van der Waals surface area contributed by atoms with Crippen LogP contribution in [0.15, 0.2) is 0 Å². The van der Waals surface area contributed by atoms with Crippen LogP contribution in [0.3, 0.4) is 0 Å². The molecule has 0 aliphatic carbocycles. The maximum Gasteiger partial charge on any atom is 0.357 e. The second kappa shape index (κ2) is 7.81. The third-order valence-electron chi connectivity index (χ3n) is 4.04. The molecule has 0 radical (unpaired) electrons. The minimum atomic E-state index is -0.336. The predicted octanol–water partition coefficient (Wildman–Crippen LogP) is 3.13. The summed E-state index contributed by atoms with van der Waals surface area (Å²) in [5.74, 6) is 0.211. The van der Waals surface area contributed by atoms with Crippen LogP contribution in [-0.2, 0) is 4.74 Å². The molecule has 0 aliphatic rings. The predicted molar refractivity (Wildman–Crippen MR) is 91.9 cm³/mol. The fraction of sp³-hybridized carbons (Fsp3) is 0.750. The number of hydrogen-bond donors (Lipinski definition) is 0. The molecule has 1 rings (SSSR count). The van der Waals surface area contributed by atoms with Crippen molar-refractivity contribution in [2.75, 3.05) is 13.2 Å². The van der Waals surface area contributed by atoms with Crippen molar-refractivity contribution in [3.63, 3.8) is 0 Å². The van der Waals surface area contributed by atoms with Crippen molar-refractivity contribution >= 4 is 15.5 Å². The molecule has 0 aliphatic heterocycles. The molecule has 0 unspecified atom stereocenters. The summed E-state index contributed by atoms with van der Waals surface area (Å²) in [6.45, 7) is 15.5. The largest absolute Gasteiger partial charge is 0.476 e. The van der Waals surface area contributed by atoms with Crippen LogP contribution in [0, 0.1) is 6.92 Å². The highest BCUT2D eigenvalue weighted by atomic mass is 28.2. The molecule has 0 aromatic carbocycles. The summed E-state index contributed by atoms with van der Waals surface area (Å²) in [4.78, 5) is 12.2. The first-order valence-electron chi connectivity index (χ1n) is 8.12. The first-order valence-corrected chi connectivity index (χ1v) is 10.2. The Labute approximate surface area is 136 Å². The number of aromatic nitrogens is 2. The summed E-state index contributed by atoms with van der Waals surface area (Å²) in [5.41, 5.74) is 1.26. The minimum absolute atomic E-state index is 0.0787. The molecule has 22 heavy (non-hydrogen) atoms. The second-order valence-corrected chi connectivity index (χ2v) is 9.28.